The number of rotatable bonds is 9. The summed E-state index contributed by atoms with van der Waals surface area (Å²) < 4.78 is 11.5. The van der Waals surface area contributed by atoms with Crippen LogP contribution in [-0.2, 0) is 11.3 Å². The molecule has 2 rings (SSSR count). The molecule has 5 nitrogen and oxygen atoms in total. The summed E-state index contributed by atoms with van der Waals surface area (Å²) in [6, 6.07) is 15.5. The minimum absolute atomic E-state index is 0.134. The van der Waals surface area contributed by atoms with Gasteiger partial charge in [-0.05, 0) is 53.8 Å². The highest BCUT2D eigenvalue weighted by atomic mass is 16.5. The molecule has 0 radical (unpaired) electrons. The average Bonchev–Trinajstić information content (AvgIpc) is 2.64. The molecule has 0 spiro atoms. The number of hydrogen-bond donors (Lipinski definition) is 1. The molecule has 0 aromatic heterocycles. The molecule has 2 aromatic rings. The van der Waals surface area contributed by atoms with Crippen molar-refractivity contribution in [3.63, 3.8) is 0 Å². The lowest BCUT2D eigenvalue weighted by molar-refractivity contribution is -0.120. The molecule has 0 aliphatic carbocycles. The molecule has 0 atom stereocenters. The summed E-state index contributed by atoms with van der Waals surface area (Å²) in [6.45, 7) is 7.70. The molecule has 1 amide bonds. The van der Waals surface area contributed by atoms with Gasteiger partial charge in [-0.25, -0.2) is 0 Å². The first-order valence-corrected chi connectivity index (χ1v) is 9.08. The van der Waals surface area contributed by atoms with Crippen LogP contribution in [0.4, 0.5) is 0 Å². The second kappa shape index (κ2) is 10.2. The zero-order valence-corrected chi connectivity index (χ0v) is 16.1. The van der Waals surface area contributed by atoms with Crippen LogP contribution in [0.5, 0.6) is 11.5 Å². The molecule has 0 bridgehead atoms. The van der Waals surface area contributed by atoms with Gasteiger partial charge in [0, 0.05) is 6.54 Å². The van der Waals surface area contributed by atoms with Gasteiger partial charge in [-0.3, -0.25) is 4.79 Å². The van der Waals surface area contributed by atoms with Crippen LogP contribution in [0.2, 0.25) is 0 Å². The van der Waals surface area contributed by atoms with Crippen LogP contribution in [0, 0.1) is 18.3 Å². The van der Waals surface area contributed by atoms with E-state index in [0.717, 1.165) is 17.1 Å². The predicted octanol–water partition coefficient (Wildman–Crippen LogP) is 4.11. The molecular formula is C22H26N2O3. The van der Waals surface area contributed by atoms with Gasteiger partial charge in [0.1, 0.15) is 31.1 Å². The molecule has 5 heteroatoms. The van der Waals surface area contributed by atoms with Crippen molar-refractivity contribution in [3.05, 3.63) is 59.2 Å². The van der Waals surface area contributed by atoms with Crippen LogP contribution < -0.4 is 14.8 Å². The van der Waals surface area contributed by atoms with Gasteiger partial charge in [0.05, 0.1) is 6.07 Å². The van der Waals surface area contributed by atoms with Crippen LogP contribution in [-0.4, -0.2) is 19.1 Å². The first-order chi connectivity index (χ1) is 13.0. The van der Waals surface area contributed by atoms with Gasteiger partial charge in [0.15, 0.2) is 0 Å². The standard InChI is InChI=1S/C22H26N2O3/c1-16(2)21-8-7-20(13-17(21)3)27-12-11-26-19-6-4-5-18(14-19)15-24-22(25)9-10-23/h4-8,13-14,16H,9,11-12,15H2,1-3H3,(H,24,25). The topological polar surface area (TPSA) is 71.3 Å². The number of benzene rings is 2. The maximum Gasteiger partial charge on any atom is 0.234 e. The molecule has 0 unspecified atom stereocenters. The Morgan fingerprint density at radius 3 is 2.44 bits per heavy atom. The van der Waals surface area contributed by atoms with Crippen LogP contribution >= 0.6 is 0 Å². The van der Waals surface area contributed by atoms with E-state index in [1.165, 1.54) is 11.1 Å². The fraction of sp³-hybridized carbons (Fsp3) is 0.364. The summed E-state index contributed by atoms with van der Waals surface area (Å²) in [5, 5.41) is 11.2. The van der Waals surface area contributed by atoms with Crippen molar-refractivity contribution < 1.29 is 14.3 Å². The highest BCUT2D eigenvalue weighted by molar-refractivity contribution is 5.77. The summed E-state index contributed by atoms with van der Waals surface area (Å²) >= 11 is 0. The first-order valence-electron chi connectivity index (χ1n) is 9.08. The maximum absolute atomic E-state index is 11.3. The van der Waals surface area contributed by atoms with E-state index in [1.807, 2.05) is 36.4 Å². The minimum atomic E-state index is -0.281. The summed E-state index contributed by atoms with van der Waals surface area (Å²) in [6.07, 6.45) is -0.134. The molecule has 0 fully saturated rings. The molecule has 0 aliphatic rings. The normalized spacial score (nSPS) is 10.3. The van der Waals surface area contributed by atoms with Gasteiger partial charge in [0.25, 0.3) is 0 Å². The van der Waals surface area contributed by atoms with Crippen LogP contribution in [0.1, 0.15) is 42.9 Å². The minimum Gasteiger partial charge on any atom is -0.490 e. The van der Waals surface area contributed by atoms with Crippen molar-refractivity contribution in [1.29, 1.82) is 5.26 Å². The maximum atomic E-state index is 11.3. The SMILES string of the molecule is Cc1cc(OCCOc2cccc(CNC(=O)CC#N)c2)ccc1C(C)C. The fourth-order valence-electron chi connectivity index (χ4n) is 2.78. The van der Waals surface area contributed by atoms with Gasteiger partial charge in [-0.2, -0.15) is 5.26 Å². The first kappa shape index (κ1) is 20.3. The lowest BCUT2D eigenvalue weighted by atomic mass is 9.98. The second-order valence-electron chi connectivity index (χ2n) is 6.63. The molecular weight excluding hydrogens is 340 g/mol. The molecule has 0 saturated heterocycles. The lowest BCUT2D eigenvalue weighted by Gasteiger charge is -2.13. The van der Waals surface area contributed by atoms with Crippen molar-refractivity contribution in [2.45, 2.75) is 39.7 Å². The quantitative estimate of drug-likeness (QED) is 0.678. The number of hydrogen-bond acceptors (Lipinski definition) is 4. The average molecular weight is 366 g/mol. The third-order valence-electron chi connectivity index (χ3n) is 4.11. The van der Waals surface area contributed by atoms with E-state index >= 15 is 0 Å². The highest BCUT2D eigenvalue weighted by Crippen LogP contribution is 2.23. The second-order valence-corrected chi connectivity index (χ2v) is 6.63. The van der Waals surface area contributed by atoms with Crippen molar-refractivity contribution in [1.82, 2.24) is 5.32 Å². The van der Waals surface area contributed by atoms with Gasteiger partial charge in [-0.15, -0.1) is 0 Å². The number of aryl methyl sites for hydroxylation is 1. The van der Waals surface area contributed by atoms with Crippen molar-refractivity contribution in [2.75, 3.05) is 13.2 Å². The monoisotopic (exact) mass is 366 g/mol. The van der Waals surface area contributed by atoms with Crippen LogP contribution in [0.25, 0.3) is 0 Å². The largest absolute Gasteiger partial charge is 0.490 e. The summed E-state index contributed by atoms with van der Waals surface area (Å²) in [5.41, 5.74) is 3.48. The Bertz CT molecular complexity index is 809. The van der Waals surface area contributed by atoms with Crippen molar-refractivity contribution >= 4 is 5.91 Å². The Morgan fingerprint density at radius 1 is 1.11 bits per heavy atom. The number of amides is 1. The van der Waals surface area contributed by atoms with E-state index in [4.69, 9.17) is 14.7 Å². The Balaban J connectivity index is 1.78. The smallest absolute Gasteiger partial charge is 0.234 e. The number of nitrogens with zero attached hydrogens (tertiary/aromatic N) is 1. The number of nitrogens with one attached hydrogen (secondary N) is 1. The number of nitriles is 1. The van der Waals surface area contributed by atoms with Gasteiger partial charge in [-0.1, -0.05) is 32.0 Å². The third-order valence-corrected chi connectivity index (χ3v) is 4.11. The highest BCUT2D eigenvalue weighted by Gasteiger charge is 2.05. The number of carbonyl (C=O) groups excluding carboxylic acids is 1. The van der Waals surface area contributed by atoms with E-state index < -0.39 is 0 Å². The molecule has 0 heterocycles. The third kappa shape index (κ3) is 6.67. The summed E-state index contributed by atoms with van der Waals surface area (Å²) in [5.74, 6) is 1.78. The summed E-state index contributed by atoms with van der Waals surface area (Å²) in [4.78, 5) is 11.3. The van der Waals surface area contributed by atoms with Crippen molar-refractivity contribution in [3.8, 4) is 17.6 Å². The van der Waals surface area contributed by atoms with E-state index in [9.17, 15) is 4.79 Å². The predicted molar refractivity (Wildman–Crippen MR) is 105 cm³/mol. The molecule has 142 valence electrons. The van der Waals surface area contributed by atoms with Gasteiger partial charge >= 0.3 is 0 Å². The van der Waals surface area contributed by atoms with E-state index in [-0.39, 0.29) is 12.3 Å². The lowest BCUT2D eigenvalue weighted by Crippen LogP contribution is -2.21. The molecule has 0 aliphatic heterocycles. The van der Waals surface area contributed by atoms with E-state index in [1.54, 1.807) is 0 Å². The fourth-order valence-corrected chi connectivity index (χ4v) is 2.78. The molecule has 1 N–H and O–H groups in total. The zero-order chi connectivity index (χ0) is 19.6. The molecule has 2 aromatic carbocycles. The Labute approximate surface area is 160 Å². The van der Waals surface area contributed by atoms with E-state index in [0.29, 0.717) is 25.7 Å². The number of ether oxygens (including phenoxy) is 2. The van der Waals surface area contributed by atoms with Crippen LogP contribution in [0.15, 0.2) is 42.5 Å². The zero-order valence-electron chi connectivity index (χ0n) is 16.1. The summed E-state index contributed by atoms with van der Waals surface area (Å²) in [7, 11) is 0. The van der Waals surface area contributed by atoms with Gasteiger partial charge < -0.3 is 14.8 Å². The van der Waals surface area contributed by atoms with E-state index in [2.05, 4.69) is 38.2 Å². The number of carbonyl (C=O) groups is 1. The van der Waals surface area contributed by atoms with Crippen LogP contribution in [0.3, 0.4) is 0 Å². The van der Waals surface area contributed by atoms with Gasteiger partial charge in [0.2, 0.25) is 5.91 Å². The molecule has 27 heavy (non-hydrogen) atoms. The Hall–Kier alpha value is -3.00. The van der Waals surface area contributed by atoms with Crippen molar-refractivity contribution in [2.24, 2.45) is 0 Å². The Kier molecular flexibility index (Phi) is 7.69. The Morgan fingerprint density at radius 2 is 1.81 bits per heavy atom. The molecule has 0 saturated carbocycles.